The van der Waals surface area contributed by atoms with Crippen molar-refractivity contribution < 1.29 is 4.74 Å². The quantitative estimate of drug-likeness (QED) is 0.853. The molecule has 0 fully saturated rings. The first kappa shape index (κ1) is 14.5. The number of nitrogens with two attached hydrogens (primary N) is 1. The third-order valence-corrected chi connectivity index (χ3v) is 4.90. The monoisotopic (exact) mass is 261 g/mol. The van der Waals surface area contributed by atoms with E-state index in [0.29, 0.717) is 0 Å². The molecule has 2 N–H and O–H groups in total. The minimum Gasteiger partial charge on any atom is -0.377 e. The smallest absolute Gasteiger partial charge is 0.0826 e. The van der Waals surface area contributed by atoms with Crippen LogP contribution in [0.1, 0.15) is 49.8 Å². The summed E-state index contributed by atoms with van der Waals surface area (Å²) in [7, 11) is 1.79. The van der Waals surface area contributed by atoms with Gasteiger partial charge in [-0.25, -0.2) is 0 Å². The highest BCUT2D eigenvalue weighted by Crippen LogP contribution is 2.27. The van der Waals surface area contributed by atoms with Crippen molar-refractivity contribution in [2.75, 3.05) is 7.11 Å². The Balaban J connectivity index is 2.12. The number of methoxy groups -OCH3 is 1. The number of benzene rings is 1. The number of fused-ring (bicyclic) bond motifs is 1. The van der Waals surface area contributed by atoms with Crippen LogP contribution in [0.4, 0.5) is 0 Å². The lowest BCUT2D eigenvalue weighted by Gasteiger charge is -2.36. The molecule has 106 valence electrons. The van der Waals surface area contributed by atoms with E-state index in [1.807, 2.05) is 0 Å². The summed E-state index contributed by atoms with van der Waals surface area (Å²) in [5.41, 5.74) is 10.7. The Bertz CT molecular complexity index is 415. The lowest BCUT2D eigenvalue weighted by Crippen LogP contribution is -2.50. The van der Waals surface area contributed by atoms with Crippen molar-refractivity contribution in [1.29, 1.82) is 0 Å². The van der Waals surface area contributed by atoms with E-state index in [1.165, 1.54) is 36.0 Å². The minimum absolute atomic E-state index is 0.0620. The number of hydrogen-bond donors (Lipinski definition) is 1. The van der Waals surface area contributed by atoms with Gasteiger partial charge < -0.3 is 10.5 Å². The van der Waals surface area contributed by atoms with Crippen LogP contribution in [0.5, 0.6) is 0 Å². The zero-order valence-electron chi connectivity index (χ0n) is 12.5. The summed E-state index contributed by atoms with van der Waals surface area (Å²) in [6.45, 7) is 4.32. The molecule has 1 aromatic carbocycles. The van der Waals surface area contributed by atoms with E-state index < -0.39 is 0 Å². The fourth-order valence-electron chi connectivity index (χ4n) is 3.41. The molecule has 0 radical (unpaired) electrons. The molecule has 0 bridgehead atoms. The fraction of sp³-hybridized carbons (Fsp3) is 0.647. The van der Waals surface area contributed by atoms with Crippen molar-refractivity contribution in [3.8, 4) is 0 Å². The van der Waals surface area contributed by atoms with Crippen molar-refractivity contribution in [3.05, 3.63) is 34.9 Å². The van der Waals surface area contributed by atoms with E-state index in [9.17, 15) is 0 Å². The van der Waals surface area contributed by atoms with E-state index in [-0.39, 0.29) is 11.6 Å². The van der Waals surface area contributed by atoms with E-state index >= 15 is 0 Å². The van der Waals surface area contributed by atoms with Crippen molar-refractivity contribution in [2.45, 2.75) is 64.0 Å². The highest BCUT2D eigenvalue weighted by Gasteiger charge is 2.33. The summed E-state index contributed by atoms with van der Waals surface area (Å²) in [6, 6.07) is 6.95. The first-order valence-corrected chi connectivity index (χ1v) is 7.56. The van der Waals surface area contributed by atoms with Gasteiger partial charge in [-0.3, -0.25) is 0 Å². The lowest BCUT2D eigenvalue weighted by molar-refractivity contribution is -0.0374. The predicted octanol–water partition coefficient (Wildman–Crippen LogP) is 3.25. The zero-order valence-corrected chi connectivity index (χ0v) is 12.5. The van der Waals surface area contributed by atoms with Gasteiger partial charge in [0, 0.05) is 13.2 Å². The summed E-state index contributed by atoms with van der Waals surface area (Å²) >= 11 is 0. The van der Waals surface area contributed by atoms with Gasteiger partial charge in [-0.15, -0.1) is 0 Å². The first-order chi connectivity index (χ1) is 9.15. The highest BCUT2D eigenvalue weighted by atomic mass is 16.5. The third-order valence-electron chi connectivity index (χ3n) is 4.90. The van der Waals surface area contributed by atoms with E-state index in [2.05, 4.69) is 32.0 Å². The van der Waals surface area contributed by atoms with Crippen LogP contribution in [-0.4, -0.2) is 18.8 Å². The summed E-state index contributed by atoms with van der Waals surface area (Å²) in [5, 5.41) is 0. The Morgan fingerprint density at radius 2 is 1.89 bits per heavy atom. The standard InChI is InChI=1S/C17H27NO/c1-4-17(5-2,19-3)16(18)12-13-9-10-14-7-6-8-15(14)11-13/h9-11,16H,4-8,12,18H2,1-3H3. The van der Waals surface area contributed by atoms with Gasteiger partial charge in [0.25, 0.3) is 0 Å². The van der Waals surface area contributed by atoms with Gasteiger partial charge in [-0.1, -0.05) is 32.0 Å². The summed E-state index contributed by atoms with van der Waals surface area (Å²) in [4.78, 5) is 0. The summed E-state index contributed by atoms with van der Waals surface area (Å²) in [5.74, 6) is 0. The molecule has 0 spiro atoms. The summed E-state index contributed by atoms with van der Waals surface area (Å²) in [6.07, 6.45) is 6.61. The fourth-order valence-corrected chi connectivity index (χ4v) is 3.41. The SMILES string of the molecule is CCC(CC)(OC)C(N)Cc1ccc2c(c1)CCC2. The Morgan fingerprint density at radius 1 is 1.21 bits per heavy atom. The van der Waals surface area contributed by atoms with Gasteiger partial charge in [0.1, 0.15) is 0 Å². The Kier molecular flexibility index (Phi) is 4.64. The van der Waals surface area contributed by atoms with Gasteiger partial charge in [0.05, 0.1) is 5.60 Å². The molecule has 2 nitrogen and oxygen atoms in total. The maximum Gasteiger partial charge on any atom is 0.0826 e. The highest BCUT2D eigenvalue weighted by molar-refractivity contribution is 5.35. The first-order valence-electron chi connectivity index (χ1n) is 7.56. The van der Waals surface area contributed by atoms with Crippen LogP contribution in [0.15, 0.2) is 18.2 Å². The molecule has 19 heavy (non-hydrogen) atoms. The molecule has 0 aromatic heterocycles. The maximum atomic E-state index is 6.44. The average molecular weight is 261 g/mol. The number of ether oxygens (including phenoxy) is 1. The summed E-state index contributed by atoms with van der Waals surface area (Å²) < 4.78 is 5.74. The van der Waals surface area contributed by atoms with Crippen molar-refractivity contribution in [3.63, 3.8) is 0 Å². The van der Waals surface area contributed by atoms with Crippen LogP contribution in [0.3, 0.4) is 0 Å². The molecule has 0 saturated carbocycles. The second-order valence-electron chi connectivity index (χ2n) is 5.74. The van der Waals surface area contributed by atoms with E-state index in [4.69, 9.17) is 10.5 Å². The van der Waals surface area contributed by atoms with Crippen LogP contribution in [0, 0.1) is 0 Å². The molecule has 0 saturated heterocycles. The molecular weight excluding hydrogens is 234 g/mol. The normalized spacial score (nSPS) is 16.4. The molecule has 1 atom stereocenters. The van der Waals surface area contributed by atoms with Crippen LogP contribution >= 0.6 is 0 Å². The van der Waals surface area contributed by atoms with Gasteiger partial charge in [-0.2, -0.15) is 0 Å². The molecule has 1 aromatic rings. The molecule has 2 rings (SSSR count). The van der Waals surface area contributed by atoms with Crippen LogP contribution in [0.2, 0.25) is 0 Å². The number of hydrogen-bond acceptors (Lipinski definition) is 2. The van der Waals surface area contributed by atoms with E-state index in [1.54, 1.807) is 7.11 Å². The Hall–Kier alpha value is -0.860. The molecule has 0 aliphatic heterocycles. The van der Waals surface area contributed by atoms with Gasteiger partial charge >= 0.3 is 0 Å². The molecule has 2 heteroatoms. The number of aryl methyl sites for hydroxylation is 2. The molecular formula is C17H27NO. The largest absolute Gasteiger partial charge is 0.377 e. The van der Waals surface area contributed by atoms with Crippen molar-refractivity contribution >= 4 is 0 Å². The molecule has 0 amide bonds. The van der Waals surface area contributed by atoms with Gasteiger partial charge in [-0.05, 0) is 55.2 Å². The predicted molar refractivity (Wildman–Crippen MR) is 80.5 cm³/mol. The van der Waals surface area contributed by atoms with E-state index in [0.717, 1.165) is 19.3 Å². The number of rotatable bonds is 6. The zero-order chi connectivity index (χ0) is 13.9. The topological polar surface area (TPSA) is 35.2 Å². The second-order valence-corrected chi connectivity index (χ2v) is 5.74. The van der Waals surface area contributed by atoms with Gasteiger partial charge in [0.2, 0.25) is 0 Å². The van der Waals surface area contributed by atoms with Crippen molar-refractivity contribution in [1.82, 2.24) is 0 Å². The second kappa shape index (κ2) is 6.06. The average Bonchev–Trinajstić information content (AvgIpc) is 2.89. The van der Waals surface area contributed by atoms with Crippen LogP contribution in [-0.2, 0) is 24.0 Å². The Labute approximate surface area is 117 Å². The molecule has 0 heterocycles. The lowest BCUT2D eigenvalue weighted by atomic mass is 9.84. The third kappa shape index (κ3) is 2.85. The molecule has 1 aliphatic carbocycles. The Morgan fingerprint density at radius 3 is 2.53 bits per heavy atom. The van der Waals surface area contributed by atoms with Crippen LogP contribution in [0.25, 0.3) is 0 Å². The van der Waals surface area contributed by atoms with Gasteiger partial charge in [0.15, 0.2) is 0 Å². The van der Waals surface area contributed by atoms with Crippen molar-refractivity contribution in [2.24, 2.45) is 5.73 Å². The minimum atomic E-state index is -0.182. The van der Waals surface area contributed by atoms with Crippen LogP contribution < -0.4 is 5.73 Å². The maximum absolute atomic E-state index is 6.44. The molecule has 1 unspecified atom stereocenters. The molecule has 1 aliphatic rings.